The van der Waals surface area contributed by atoms with Gasteiger partial charge in [-0.25, -0.2) is 18.3 Å². The van der Waals surface area contributed by atoms with Gasteiger partial charge in [-0.05, 0) is 19.4 Å². The molecule has 35 heavy (non-hydrogen) atoms. The molecule has 0 aromatic heterocycles. The molecule has 1 aliphatic carbocycles. The predicted octanol–water partition coefficient (Wildman–Crippen LogP) is -1.82. The van der Waals surface area contributed by atoms with Crippen LogP contribution in [0, 0.1) is 0 Å². The summed E-state index contributed by atoms with van der Waals surface area (Å²) in [7, 11) is -22.1. The van der Waals surface area contributed by atoms with Gasteiger partial charge in [0.1, 0.15) is 36.6 Å². The standard InChI is InChI=1S/C12H29NO18P4/c13-5-3-1-2-4-6-27-35(25,26)31-9-7(14)10(28-32(16,17)18)12(30-34(22,23)24)11(8(9)15)29-33(19,20)21/h7-12,14-15H,1-6,13H2,(H,25,26)(H2,16,17,18)(H2,19,20,21)(H2,22,23,24)/t7-,8-,9?,10-,11+,12?/m0/s1. The average molecular weight is 599 g/mol. The van der Waals surface area contributed by atoms with Crippen LogP contribution >= 0.6 is 31.3 Å². The Balaban J connectivity index is 3.23. The summed E-state index contributed by atoms with van der Waals surface area (Å²) in [6, 6.07) is 0. The van der Waals surface area contributed by atoms with Crippen LogP contribution in [0.3, 0.4) is 0 Å². The summed E-state index contributed by atoms with van der Waals surface area (Å²) in [5, 5.41) is 20.9. The Labute approximate surface area is 198 Å². The lowest BCUT2D eigenvalue weighted by Gasteiger charge is -2.45. The monoisotopic (exact) mass is 599 g/mol. The topological polar surface area (TPSA) is 323 Å². The second kappa shape index (κ2) is 13.4. The van der Waals surface area contributed by atoms with Gasteiger partial charge in [0.05, 0.1) is 6.61 Å². The second-order valence-electron chi connectivity index (χ2n) is 7.24. The van der Waals surface area contributed by atoms with Gasteiger partial charge in [-0.15, -0.1) is 0 Å². The van der Waals surface area contributed by atoms with E-state index in [2.05, 4.69) is 22.6 Å². The molecule has 1 saturated carbocycles. The lowest BCUT2D eigenvalue weighted by molar-refractivity contribution is -0.209. The predicted molar refractivity (Wildman–Crippen MR) is 111 cm³/mol. The first-order chi connectivity index (χ1) is 15.8. The fourth-order valence-corrected chi connectivity index (χ4v) is 5.74. The summed E-state index contributed by atoms with van der Waals surface area (Å²) < 4.78 is 68.3. The minimum Gasteiger partial charge on any atom is -0.387 e. The fourth-order valence-electron chi connectivity index (χ4n) is 3.08. The van der Waals surface area contributed by atoms with E-state index in [4.69, 9.17) is 35.1 Å². The van der Waals surface area contributed by atoms with E-state index in [0.717, 1.165) is 0 Å². The van der Waals surface area contributed by atoms with Crippen molar-refractivity contribution in [2.45, 2.75) is 62.3 Å². The summed E-state index contributed by atoms with van der Waals surface area (Å²) in [5.74, 6) is 0. The maximum Gasteiger partial charge on any atom is 0.472 e. The lowest BCUT2D eigenvalue weighted by Crippen LogP contribution is -2.65. The number of hydrogen-bond acceptors (Lipinski definition) is 12. The molecule has 23 heteroatoms. The third-order valence-electron chi connectivity index (χ3n) is 4.38. The molecule has 0 spiro atoms. The molecule has 0 bridgehead atoms. The summed E-state index contributed by atoms with van der Waals surface area (Å²) in [5.41, 5.74) is 5.33. The van der Waals surface area contributed by atoms with Gasteiger partial charge in [-0.3, -0.25) is 22.6 Å². The number of phosphoric ester groups is 4. The van der Waals surface area contributed by atoms with Crippen molar-refractivity contribution >= 4 is 31.3 Å². The summed E-state index contributed by atoms with van der Waals surface area (Å²) in [6.07, 6.45) is -13.3. The first-order valence-electron chi connectivity index (χ1n) is 9.70. The van der Waals surface area contributed by atoms with Crippen LogP contribution in [0.1, 0.15) is 25.7 Å². The van der Waals surface area contributed by atoms with Crippen molar-refractivity contribution in [3.63, 3.8) is 0 Å². The number of aliphatic hydroxyl groups excluding tert-OH is 2. The van der Waals surface area contributed by atoms with Crippen LogP contribution in [0.4, 0.5) is 0 Å². The van der Waals surface area contributed by atoms with E-state index in [1.165, 1.54) is 0 Å². The van der Waals surface area contributed by atoms with E-state index in [1.807, 2.05) is 0 Å². The van der Waals surface area contributed by atoms with Crippen LogP contribution in [0.5, 0.6) is 0 Å². The van der Waals surface area contributed by atoms with E-state index in [-0.39, 0.29) is 13.0 Å². The highest BCUT2D eigenvalue weighted by atomic mass is 31.2. The van der Waals surface area contributed by atoms with E-state index in [0.29, 0.717) is 25.8 Å². The van der Waals surface area contributed by atoms with Crippen LogP contribution in [0.15, 0.2) is 0 Å². The summed E-state index contributed by atoms with van der Waals surface area (Å²) in [6.45, 7) is 0.0777. The molecule has 210 valence electrons. The number of aliphatic hydroxyl groups is 2. The molecule has 7 atom stereocenters. The van der Waals surface area contributed by atoms with Crippen molar-refractivity contribution < 1.29 is 85.3 Å². The van der Waals surface area contributed by atoms with E-state index >= 15 is 0 Å². The molecule has 1 aliphatic rings. The molecule has 0 amide bonds. The van der Waals surface area contributed by atoms with Crippen LogP contribution < -0.4 is 5.73 Å². The van der Waals surface area contributed by atoms with Gasteiger partial charge in [-0.2, -0.15) is 0 Å². The highest BCUT2D eigenvalue weighted by Gasteiger charge is 2.58. The third-order valence-corrected chi connectivity index (χ3v) is 6.95. The molecule has 0 radical (unpaired) electrons. The van der Waals surface area contributed by atoms with Crippen molar-refractivity contribution in [1.29, 1.82) is 0 Å². The molecule has 0 aromatic carbocycles. The molecule has 0 heterocycles. The number of nitrogens with two attached hydrogens (primary N) is 1. The highest BCUT2D eigenvalue weighted by Crippen LogP contribution is 2.53. The van der Waals surface area contributed by atoms with Crippen LogP contribution in [-0.4, -0.2) is 94.2 Å². The maximum absolute atomic E-state index is 12.3. The molecule has 0 aliphatic heterocycles. The van der Waals surface area contributed by atoms with Gasteiger partial charge in [0.25, 0.3) is 0 Å². The lowest BCUT2D eigenvalue weighted by atomic mass is 9.85. The number of hydrogen-bond donors (Lipinski definition) is 10. The first kappa shape index (κ1) is 33.3. The molecule has 1 rings (SSSR count). The molecule has 0 saturated heterocycles. The molecule has 11 N–H and O–H groups in total. The normalized spacial score (nSPS) is 30.2. The van der Waals surface area contributed by atoms with Gasteiger partial charge < -0.3 is 50.2 Å². The third kappa shape index (κ3) is 12.6. The van der Waals surface area contributed by atoms with Crippen molar-refractivity contribution in [2.24, 2.45) is 5.73 Å². The zero-order valence-electron chi connectivity index (χ0n) is 17.8. The molecule has 3 unspecified atom stereocenters. The molecule has 19 nitrogen and oxygen atoms in total. The van der Waals surface area contributed by atoms with Gasteiger partial charge >= 0.3 is 31.3 Å². The van der Waals surface area contributed by atoms with Gasteiger partial charge in [0.2, 0.25) is 0 Å². The number of rotatable bonds is 15. The average Bonchev–Trinajstić information content (AvgIpc) is 2.65. The van der Waals surface area contributed by atoms with E-state index in [9.17, 15) is 33.4 Å². The Morgan fingerprint density at radius 1 is 0.571 bits per heavy atom. The van der Waals surface area contributed by atoms with Crippen LogP contribution in [0.25, 0.3) is 0 Å². The molecule has 0 aromatic rings. The van der Waals surface area contributed by atoms with Crippen molar-refractivity contribution in [1.82, 2.24) is 0 Å². The summed E-state index contributed by atoms with van der Waals surface area (Å²) in [4.78, 5) is 64.5. The van der Waals surface area contributed by atoms with E-state index < -0.39 is 67.9 Å². The molecule has 1 fully saturated rings. The quantitative estimate of drug-likeness (QED) is 0.0731. The van der Waals surface area contributed by atoms with E-state index in [1.54, 1.807) is 0 Å². The SMILES string of the molecule is NCCCCCCOP(=O)(O)OC1[C@H](O)[C@H](OP(=O)(O)O)C(OP(=O)(O)O)[C@H](OP(=O)(O)O)[C@H]1O. The minimum absolute atomic E-state index is 0.260. The molecular weight excluding hydrogens is 570 g/mol. The Kier molecular flexibility index (Phi) is 12.8. The smallest absolute Gasteiger partial charge is 0.387 e. The number of phosphoric acid groups is 4. The first-order valence-corrected chi connectivity index (χ1v) is 15.8. The Hall–Kier alpha value is 0.320. The Morgan fingerprint density at radius 3 is 1.37 bits per heavy atom. The van der Waals surface area contributed by atoms with Gasteiger partial charge in [0, 0.05) is 0 Å². The second-order valence-corrected chi connectivity index (χ2v) is 12.2. The zero-order chi connectivity index (χ0) is 27.2. The fraction of sp³-hybridized carbons (Fsp3) is 1.00. The highest BCUT2D eigenvalue weighted by molar-refractivity contribution is 7.47. The van der Waals surface area contributed by atoms with Crippen molar-refractivity contribution in [3.8, 4) is 0 Å². The maximum atomic E-state index is 12.3. The largest absolute Gasteiger partial charge is 0.472 e. The minimum atomic E-state index is -5.65. The number of unbranched alkanes of at least 4 members (excludes halogenated alkanes) is 3. The van der Waals surface area contributed by atoms with Crippen molar-refractivity contribution in [3.05, 3.63) is 0 Å². The van der Waals surface area contributed by atoms with Crippen LogP contribution in [0.2, 0.25) is 0 Å². The Morgan fingerprint density at radius 2 is 0.971 bits per heavy atom. The molecular formula is C12H29NO18P4. The van der Waals surface area contributed by atoms with Gasteiger partial charge in [-0.1, -0.05) is 12.8 Å². The van der Waals surface area contributed by atoms with Crippen LogP contribution in [-0.2, 0) is 40.9 Å². The summed E-state index contributed by atoms with van der Waals surface area (Å²) >= 11 is 0. The zero-order valence-corrected chi connectivity index (χ0v) is 21.3. The Bertz CT molecular complexity index is 816. The van der Waals surface area contributed by atoms with Crippen molar-refractivity contribution in [2.75, 3.05) is 13.2 Å². The van der Waals surface area contributed by atoms with Gasteiger partial charge in [0.15, 0.2) is 0 Å².